The number of aromatic nitrogens is 3. The van der Waals surface area contributed by atoms with Crippen molar-refractivity contribution >= 4 is 5.91 Å². The maximum absolute atomic E-state index is 12.8. The molecule has 24 heavy (non-hydrogen) atoms. The van der Waals surface area contributed by atoms with Gasteiger partial charge in [-0.15, -0.1) is 0 Å². The van der Waals surface area contributed by atoms with E-state index in [0.29, 0.717) is 23.4 Å². The van der Waals surface area contributed by atoms with Gasteiger partial charge in [0.25, 0.3) is 5.91 Å². The SMILES string of the molecule is Cn1nccc1C(=O)N1C[C@H]2CCC[C@H](Cc3ccccn3)[C@H]2C1. The van der Waals surface area contributed by atoms with Crippen molar-refractivity contribution in [2.45, 2.75) is 25.7 Å². The molecule has 1 saturated carbocycles. The van der Waals surface area contributed by atoms with E-state index in [2.05, 4.69) is 22.2 Å². The number of hydrogen-bond acceptors (Lipinski definition) is 3. The minimum absolute atomic E-state index is 0.126. The maximum Gasteiger partial charge on any atom is 0.272 e. The molecule has 4 rings (SSSR count). The number of aryl methyl sites for hydroxylation is 1. The summed E-state index contributed by atoms with van der Waals surface area (Å²) in [4.78, 5) is 19.3. The smallest absolute Gasteiger partial charge is 0.272 e. The van der Waals surface area contributed by atoms with E-state index in [4.69, 9.17) is 0 Å². The molecule has 0 spiro atoms. The van der Waals surface area contributed by atoms with Crippen LogP contribution >= 0.6 is 0 Å². The maximum atomic E-state index is 12.8. The Hall–Kier alpha value is -2.17. The number of amides is 1. The van der Waals surface area contributed by atoms with Crippen LogP contribution in [-0.4, -0.2) is 38.7 Å². The number of likely N-dealkylation sites (tertiary alicyclic amines) is 1. The van der Waals surface area contributed by atoms with Crippen molar-refractivity contribution in [2.75, 3.05) is 13.1 Å². The molecule has 1 amide bonds. The normalized spacial score (nSPS) is 26.4. The molecule has 0 aromatic carbocycles. The lowest BCUT2D eigenvalue weighted by atomic mass is 9.72. The van der Waals surface area contributed by atoms with Gasteiger partial charge in [-0.25, -0.2) is 0 Å². The van der Waals surface area contributed by atoms with Crippen molar-refractivity contribution in [3.8, 4) is 0 Å². The third kappa shape index (κ3) is 2.83. The Morgan fingerprint density at radius 1 is 1.21 bits per heavy atom. The molecule has 0 radical (unpaired) electrons. The molecule has 0 N–H and O–H groups in total. The van der Waals surface area contributed by atoms with Gasteiger partial charge in [-0.1, -0.05) is 12.5 Å². The Morgan fingerprint density at radius 3 is 2.88 bits per heavy atom. The molecule has 2 aromatic heterocycles. The number of rotatable bonds is 3. The van der Waals surface area contributed by atoms with Crippen LogP contribution in [0.25, 0.3) is 0 Å². The molecule has 1 aliphatic heterocycles. The van der Waals surface area contributed by atoms with Gasteiger partial charge in [-0.3, -0.25) is 14.5 Å². The average Bonchev–Trinajstić information content (AvgIpc) is 3.22. The number of carbonyl (C=O) groups is 1. The summed E-state index contributed by atoms with van der Waals surface area (Å²) in [6.07, 6.45) is 8.38. The lowest BCUT2D eigenvalue weighted by Gasteiger charge is -2.32. The molecule has 2 aromatic rings. The van der Waals surface area contributed by atoms with Crippen LogP contribution in [0.15, 0.2) is 36.7 Å². The van der Waals surface area contributed by atoms with Gasteiger partial charge in [-0.2, -0.15) is 5.10 Å². The van der Waals surface area contributed by atoms with E-state index < -0.39 is 0 Å². The van der Waals surface area contributed by atoms with Crippen molar-refractivity contribution in [3.63, 3.8) is 0 Å². The Balaban J connectivity index is 1.48. The molecule has 5 nitrogen and oxygen atoms in total. The first-order chi connectivity index (χ1) is 11.7. The third-order valence-electron chi connectivity index (χ3n) is 5.77. The molecule has 126 valence electrons. The van der Waals surface area contributed by atoms with Gasteiger partial charge in [0.1, 0.15) is 5.69 Å². The summed E-state index contributed by atoms with van der Waals surface area (Å²) in [6.45, 7) is 1.78. The molecule has 5 heteroatoms. The predicted octanol–water partition coefficient (Wildman–Crippen LogP) is 2.55. The first-order valence-electron chi connectivity index (χ1n) is 8.89. The van der Waals surface area contributed by atoms with Crippen molar-refractivity contribution in [2.24, 2.45) is 24.8 Å². The second-order valence-corrected chi connectivity index (χ2v) is 7.19. The van der Waals surface area contributed by atoms with Crippen molar-refractivity contribution in [1.82, 2.24) is 19.7 Å². The van der Waals surface area contributed by atoms with Crippen LogP contribution in [0, 0.1) is 17.8 Å². The van der Waals surface area contributed by atoms with Crippen LogP contribution in [0.2, 0.25) is 0 Å². The van der Waals surface area contributed by atoms with E-state index in [0.717, 1.165) is 19.5 Å². The quantitative estimate of drug-likeness (QED) is 0.872. The topological polar surface area (TPSA) is 51.0 Å². The highest BCUT2D eigenvalue weighted by molar-refractivity contribution is 5.92. The van der Waals surface area contributed by atoms with E-state index in [1.54, 1.807) is 10.9 Å². The fourth-order valence-electron chi connectivity index (χ4n) is 4.54. The Labute approximate surface area is 142 Å². The molecular weight excluding hydrogens is 300 g/mol. The van der Waals surface area contributed by atoms with Crippen molar-refractivity contribution < 1.29 is 4.79 Å². The molecule has 0 bridgehead atoms. The minimum Gasteiger partial charge on any atom is -0.337 e. The Kier molecular flexibility index (Phi) is 4.08. The van der Waals surface area contributed by atoms with E-state index >= 15 is 0 Å². The highest BCUT2D eigenvalue weighted by Crippen LogP contribution is 2.41. The first kappa shape index (κ1) is 15.4. The molecule has 3 heterocycles. The second-order valence-electron chi connectivity index (χ2n) is 7.19. The summed E-state index contributed by atoms with van der Waals surface area (Å²) in [5.74, 6) is 2.02. The lowest BCUT2D eigenvalue weighted by Crippen LogP contribution is -2.31. The van der Waals surface area contributed by atoms with E-state index in [9.17, 15) is 4.79 Å². The van der Waals surface area contributed by atoms with Gasteiger partial charge in [0.05, 0.1) is 0 Å². The highest BCUT2D eigenvalue weighted by atomic mass is 16.2. The zero-order chi connectivity index (χ0) is 16.5. The largest absolute Gasteiger partial charge is 0.337 e. The van der Waals surface area contributed by atoms with Gasteiger partial charge >= 0.3 is 0 Å². The van der Waals surface area contributed by atoms with Gasteiger partial charge in [0, 0.05) is 38.2 Å². The minimum atomic E-state index is 0.126. The van der Waals surface area contributed by atoms with E-state index in [1.165, 1.54) is 25.0 Å². The predicted molar refractivity (Wildman–Crippen MR) is 91.4 cm³/mol. The van der Waals surface area contributed by atoms with E-state index in [-0.39, 0.29) is 5.91 Å². The highest BCUT2D eigenvalue weighted by Gasteiger charge is 2.42. The summed E-state index contributed by atoms with van der Waals surface area (Å²) in [7, 11) is 1.83. The molecule has 2 fully saturated rings. The Bertz CT molecular complexity index is 711. The lowest BCUT2D eigenvalue weighted by molar-refractivity contribution is 0.0770. The summed E-state index contributed by atoms with van der Waals surface area (Å²) in [5.41, 5.74) is 1.87. The van der Waals surface area contributed by atoms with Crippen LogP contribution in [0.5, 0.6) is 0 Å². The summed E-state index contributed by atoms with van der Waals surface area (Å²) in [5, 5.41) is 4.13. The fourth-order valence-corrected chi connectivity index (χ4v) is 4.54. The zero-order valence-corrected chi connectivity index (χ0v) is 14.1. The number of nitrogens with zero attached hydrogens (tertiary/aromatic N) is 4. The number of hydrogen-bond donors (Lipinski definition) is 0. The van der Waals surface area contributed by atoms with Crippen LogP contribution in [-0.2, 0) is 13.5 Å². The second kappa shape index (κ2) is 6.38. The molecule has 1 saturated heterocycles. The van der Waals surface area contributed by atoms with E-state index in [1.807, 2.05) is 30.3 Å². The monoisotopic (exact) mass is 324 g/mol. The molecule has 0 unspecified atom stereocenters. The summed E-state index contributed by atoms with van der Waals surface area (Å²) in [6, 6.07) is 7.97. The molecule has 2 aliphatic rings. The first-order valence-corrected chi connectivity index (χ1v) is 8.89. The molecular formula is C19H24N4O. The van der Waals surface area contributed by atoms with Crippen LogP contribution in [0.1, 0.15) is 35.4 Å². The number of fused-ring (bicyclic) bond motifs is 1. The third-order valence-corrected chi connectivity index (χ3v) is 5.77. The number of pyridine rings is 1. The zero-order valence-electron chi connectivity index (χ0n) is 14.1. The number of carbonyl (C=O) groups excluding carboxylic acids is 1. The van der Waals surface area contributed by atoms with Crippen LogP contribution in [0.4, 0.5) is 0 Å². The van der Waals surface area contributed by atoms with Gasteiger partial charge in [0.15, 0.2) is 0 Å². The average molecular weight is 324 g/mol. The van der Waals surface area contributed by atoms with Crippen molar-refractivity contribution in [1.29, 1.82) is 0 Å². The molecule has 3 atom stereocenters. The fraction of sp³-hybridized carbons (Fsp3) is 0.526. The standard InChI is InChI=1S/C19H24N4O/c1-22-18(8-10-21-22)19(24)23-12-15-6-4-5-14(17(15)13-23)11-16-7-2-3-9-20-16/h2-3,7-10,14-15,17H,4-6,11-13H2,1H3/t14-,15-,17-/m1/s1. The Morgan fingerprint density at radius 2 is 2.12 bits per heavy atom. The van der Waals surface area contributed by atoms with Gasteiger partial charge in [0.2, 0.25) is 0 Å². The van der Waals surface area contributed by atoms with Gasteiger partial charge in [-0.05, 0) is 55.2 Å². The van der Waals surface area contributed by atoms with Crippen LogP contribution < -0.4 is 0 Å². The van der Waals surface area contributed by atoms with Gasteiger partial charge < -0.3 is 4.90 Å². The summed E-state index contributed by atoms with van der Waals surface area (Å²) >= 11 is 0. The van der Waals surface area contributed by atoms with Crippen LogP contribution in [0.3, 0.4) is 0 Å². The van der Waals surface area contributed by atoms with Crippen molar-refractivity contribution in [3.05, 3.63) is 48.0 Å². The molecule has 1 aliphatic carbocycles. The summed E-state index contributed by atoms with van der Waals surface area (Å²) < 4.78 is 1.68.